The highest BCUT2D eigenvalue weighted by Gasteiger charge is 2.51. The normalized spacial score (nSPS) is 13.8. The fourth-order valence-electron chi connectivity index (χ4n) is 3.20. The highest BCUT2D eigenvalue weighted by Crippen LogP contribution is 2.51. The summed E-state index contributed by atoms with van der Waals surface area (Å²) >= 11 is 24.4. The molecule has 0 spiro atoms. The molecule has 0 aliphatic rings. The van der Waals surface area contributed by atoms with E-state index in [1.807, 2.05) is 0 Å². The molecule has 5 nitrogen and oxygen atoms in total. The smallest absolute Gasteiger partial charge is 0.283 e. The Kier molecular flexibility index (Phi) is 5.98. The fourth-order valence-corrected chi connectivity index (χ4v) is 5.55. The first kappa shape index (κ1) is 22.0. The molecule has 0 saturated heterocycles. The SMILES string of the molecule is O=S(=O)(O)C(c1ccc(Cl)cc1)(c1cc(O)c(Cl)c(O)c1)c1c(Cl)cccc1Cl. The van der Waals surface area contributed by atoms with E-state index < -0.39 is 26.4 Å². The molecule has 3 N–H and O–H groups in total. The third-order valence-corrected chi connectivity index (χ3v) is 7.11. The van der Waals surface area contributed by atoms with Crippen molar-refractivity contribution in [3.05, 3.63) is 91.4 Å². The van der Waals surface area contributed by atoms with E-state index >= 15 is 0 Å². The van der Waals surface area contributed by atoms with Gasteiger partial charge in [0.15, 0.2) is 4.75 Å². The van der Waals surface area contributed by atoms with E-state index in [1.165, 1.54) is 42.5 Å². The van der Waals surface area contributed by atoms with Crippen LogP contribution in [0.15, 0.2) is 54.6 Å². The lowest BCUT2D eigenvalue weighted by molar-refractivity contribution is 0.444. The van der Waals surface area contributed by atoms with Crippen molar-refractivity contribution in [1.82, 2.24) is 0 Å². The largest absolute Gasteiger partial charge is 0.506 e. The van der Waals surface area contributed by atoms with Crippen molar-refractivity contribution in [2.75, 3.05) is 0 Å². The summed E-state index contributed by atoms with van der Waals surface area (Å²) in [5.74, 6) is -1.21. The summed E-state index contributed by atoms with van der Waals surface area (Å²) < 4.78 is 34.0. The van der Waals surface area contributed by atoms with Crippen LogP contribution in [0.1, 0.15) is 16.7 Å². The Bertz CT molecular complexity index is 1150. The van der Waals surface area contributed by atoms with Crippen LogP contribution in [0, 0.1) is 0 Å². The maximum absolute atomic E-state index is 13.0. The van der Waals surface area contributed by atoms with Gasteiger partial charge in [-0.05, 0) is 47.5 Å². The van der Waals surface area contributed by atoms with Crippen molar-refractivity contribution in [3.8, 4) is 11.5 Å². The third kappa shape index (κ3) is 3.65. The molecule has 3 rings (SSSR count). The monoisotopic (exact) mass is 492 g/mol. The van der Waals surface area contributed by atoms with Gasteiger partial charge in [0, 0.05) is 20.6 Å². The average Bonchev–Trinajstić information content (AvgIpc) is 2.62. The molecule has 3 aromatic carbocycles. The number of hydrogen-bond acceptors (Lipinski definition) is 4. The van der Waals surface area contributed by atoms with Crippen molar-refractivity contribution >= 4 is 56.5 Å². The molecule has 0 radical (unpaired) electrons. The number of halogens is 4. The molecule has 1 unspecified atom stereocenters. The maximum Gasteiger partial charge on any atom is 0.283 e. The van der Waals surface area contributed by atoms with Gasteiger partial charge in [0.05, 0.1) is 0 Å². The zero-order chi connectivity index (χ0) is 21.6. The van der Waals surface area contributed by atoms with Crippen molar-refractivity contribution in [3.63, 3.8) is 0 Å². The lowest BCUT2D eigenvalue weighted by Crippen LogP contribution is -2.38. The molecule has 0 fully saturated rings. The van der Waals surface area contributed by atoms with Gasteiger partial charge in [0.1, 0.15) is 16.5 Å². The second kappa shape index (κ2) is 7.87. The number of benzene rings is 3. The van der Waals surface area contributed by atoms with Crippen LogP contribution in [-0.2, 0) is 14.9 Å². The van der Waals surface area contributed by atoms with Gasteiger partial charge in [-0.2, -0.15) is 8.42 Å². The van der Waals surface area contributed by atoms with E-state index in [0.717, 1.165) is 12.1 Å². The van der Waals surface area contributed by atoms with Crippen LogP contribution in [0.2, 0.25) is 20.1 Å². The van der Waals surface area contributed by atoms with Gasteiger partial charge >= 0.3 is 0 Å². The quantitative estimate of drug-likeness (QED) is 0.311. The van der Waals surface area contributed by atoms with Gasteiger partial charge in [-0.3, -0.25) is 4.55 Å². The van der Waals surface area contributed by atoms with Crippen LogP contribution in [0.25, 0.3) is 0 Å². The predicted molar refractivity (Wildman–Crippen MR) is 114 cm³/mol. The van der Waals surface area contributed by atoms with Gasteiger partial charge in [0.25, 0.3) is 10.1 Å². The molecule has 0 saturated carbocycles. The van der Waals surface area contributed by atoms with E-state index in [1.54, 1.807) is 0 Å². The van der Waals surface area contributed by atoms with Crippen molar-refractivity contribution in [2.45, 2.75) is 4.75 Å². The summed E-state index contributed by atoms with van der Waals surface area (Å²) in [6, 6.07) is 11.9. The zero-order valence-corrected chi connectivity index (χ0v) is 18.1. The van der Waals surface area contributed by atoms with Gasteiger partial charge < -0.3 is 10.2 Å². The molecule has 0 amide bonds. The first-order valence-electron chi connectivity index (χ1n) is 7.89. The van der Waals surface area contributed by atoms with Crippen molar-refractivity contribution in [1.29, 1.82) is 0 Å². The number of phenolic OH excluding ortho intramolecular Hbond substituents is 2. The maximum atomic E-state index is 13.0. The summed E-state index contributed by atoms with van der Waals surface area (Å²) in [4.78, 5) is 0. The minimum atomic E-state index is -5.07. The van der Waals surface area contributed by atoms with E-state index in [9.17, 15) is 23.2 Å². The van der Waals surface area contributed by atoms with Crippen LogP contribution in [-0.4, -0.2) is 23.2 Å². The van der Waals surface area contributed by atoms with Crippen LogP contribution in [0.5, 0.6) is 11.5 Å². The minimum absolute atomic E-state index is 0.0144. The van der Waals surface area contributed by atoms with Gasteiger partial charge in [-0.25, -0.2) is 0 Å². The Hall–Kier alpha value is -1.67. The second-order valence-electron chi connectivity index (χ2n) is 6.09. The van der Waals surface area contributed by atoms with Crippen molar-refractivity contribution < 1.29 is 23.2 Å². The average molecular weight is 494 g/mol. The summed E-state index contributed by atoms with van der Waals surface area (Å²) in [7, 11) is -5.07. The minimum Gasteiger partial charge on any atom is -0.506 e. The Morgan fingerprint density at radius 3 is 1.69 bits per heavy atom. The summed E-state index contributed by atoms with van der Waals surface area (Å²) in [6.45, 7) is 0. The van der Waals surface area contributed by atoms with Crippen molar-refractivity contribution in [2.24, 2.45) is 0 Å². The molecule has 0 aromatic heterocycles. The summed E-state index contributed by atoms with van der Waals surface area (Å²) in [6.07, 6.45) is 0. The van der Waals surface area contributed by atoms with E-state index in [4.69, 9.17) is 46.4 Å². The van der Waals surface area contributed by atoms with E-state index in [-0.39, 0.29) is 31.8 Å². The topological polar surface area (TPSA) is 94.8 Å². The molecule has 0 aliphatic heterocycles. The highest BCUT2D eigenvalue weighted by molar-refractivity contribution is 7.87. The number of aromatic hydroxyl groups is 2. The van der Waals surface area contributed by atoms with E-state index in [0.29, 0.717) is 5.02 Å². The van der Waals surface area contributed by atoms with Gasteiger partial charge in [-0.1, -0.05) is 64.6 Å². The van der Waals surface area contributed by atoms with Gasteiger partial charge in [-0.15, -0.1) is 0 Å². The van der Waals surface area contributed by atoms with Gasteiger partial charge in [0.2, 0.25) is 0 Å². The Labute approximate surface area is 186 Å². The molecule has 152 valence electrons. The Morgan fingerprint density at radius 2 is 1.24 bits per heavy atom. The molecule has 1 atom stereocenters. The molecular weight excluding hydrogens is 482 g/mol. The first-order chi connectivity index (χ1) is 13.5. The highest BCUT2D eigenvalue weighted by atomic mass is 35.5. The molecule has 3 aromatic rings. The third-order valence-electron chi connectivity index (χ3n) is 4.39. The lowest BCUT2D eigenvalue weighted by atomic mass is 9.83. The van der Waals surface area contributed by atoms with Crippen LogP contribution in [0.4, 0.5) is 0 Å². The second-order valence-corrected chi connectivity index (χ2v) is 9.28. The van der Waals surface area contributed by atoms with Crippen LogP contribution >= 0.6 is 46.4 Å². The number of phenols is 2. The molecule has 29 heavy (non-hydrogen) atoms. The van der Waals surface area contributed by atoms with Crippen LogP contribution < -0.4 is 0 Å². The summed E-state index contributed by atoms with van der Waals surface area (Å²) in [5.41, 5.74) is -0.397. The number of rotatable bonds is 4. The fraction of sp³-hybridized carbons (Fsp3) is 0.0526. The van der Waals surface area contributed by atoms with E-state index in [2.05, 4.69) is 0 Å². The van der Waals surface area contributed by atoms with Crippen LogP contribution in [0.3, 0.4) is 0 Å². The molecular formula is C19H12Cl4O5S. The molecule has 0 aliphatic carbocycles. The number of hydrogen-bond donors (Lipinski definition) is 3. The standard InChI is InChI=1S/C19H12Cl4O5S/c20-12-6-4-10(5-7-12)19(29(26,27)28,17-13(21)2-1-3-14(17)22)11-8-15(24)18(23)16(25)9-11/h1-9,24-25H,(H,26,27,28). The zero-order valence-electron chi connectivity index (χ0n) is 14.3. The molecule has 10 heteroatoms. The Morgan fingerprint density at radius 1 is 0.759 bits per heavy atom. The first-order valence-corrected chi connectivity index (χ1v) is 10.8. The molecule has 0 heterocycles. The lowest BCUT2D eigenvalue weighted by Gasteiger charge is -2.34. The Balaban J connectivity index is 2.61. The summed E-state index contributed by atoms with van der Waals surface area (Å²) in [5, 5.41) is 20.0. The molecule has 0 bridgehead atoms. The predicted octanol–water partition coefficient (Wildman–Crippen LogP) is 5.89.